The number of hydrogen-bond donors (Lipinski definition) is 0. The summed E-state index contributed by atoms with van der Waals surface area (Å²) in [5.74, 6) is 0.701. The first-order valence-corrected chi connectivity index (χ1v) is 5.60. The lowest BCUT2D eigenvalue weighted by atomic mass is 10.1. The Hall–Kier alpha value is -2.47. The Morgan fingerprint density at radius 1 is 1.17 bits per heavy atom. The zero-order valence-electron chi connectivity index (χ0n) is 10.4. The number of nitrogens with zero attached hydrogens (tertiary/aromatic N) is 3. The molecular formula is C15H13N3. The van der Waals surface area contributed by atoms with Gasteiger partial charge in [0.15, 0.2) is 5.82 Å². The highest BCUT2D eigenvalue weighted by Crippen LogP contribution is 2.15. The number of benzene rings is 1. The summed E-state index contributed by atoms with van der Waals surface area (Å²) < 4.78 is 0. The molecule has 18 heavy (non-hydrogen) atoms. The number of rotatable bonds is 2. The molecule has 3 heteroatoms. The van der Waals surface area contributed by atoms with Gasteiger partial charge < -0.3 is 0 Å². The molecular weight excluding hydrogens is 222 g/mol. The second-order valence-corrected chi connectivity index (χ2v) is 3.99. The average Bonchev–Trinajstić information content (AvgIpc) is 2.40. The minimum Gasteiger partial charge on any atom is -0.236 e. The first kappa shape index (κ1) is 12.0. The van der Waals surface area contributed by atoms with Crippen molar-refractivity contribution in [2.75, 3.05) is 0 Å². The molecule has 0 bridgehead atoms. The van der Waals surface area contributed by atoms with E-state index in [2.05, 4.69) is 21.0 Å². The highest BCUT2D eigenvalue weighted by molar-refractivity contribution is 5.98. The summed E-state index contributed by atoms with van der Waals surface area (Å²) in [6, 6.07) is 10.3. The molecule has 2 rings (SSSR count). The van der Waals surface area contributed by atoms with E-state index in [0.717, 1.165) is 16.8 Å². The molecule has 0 N–H and O–H groups in total. The van der Waals surface area contributed by atoms with Crippen molar-refractivity contribution >= 4 is 5.71 Å². The Morgan fingerprint density at radius 2 is 1.78 bits per heavy atom. The summed E-state index contributed by atoms with van der Waals surface area (Å²) in [5.41, 5.74) is 3.79. The van der Waals surface area contributed by atoms with Crippen LogP contribution in [-0.4, -0.2) is 15.7 Å². The Balaban J connectivity index is 2.31. The minimum atomic E-state index is 0.701. The van der Waals surface area contributed by atoms with Crippen LogP contribution < -0.4 is 0 Å². The zero-order chi connectivity index (χ0) is 13.0. The van der Waals surface area contributed by atoms with Crippen LogP contribution in [-0.2, 0) is 0 Å². The number of aromatic nitrogens is 2. The Bertz CT molecular complexity index is 602. The maximum absolute atomic E-state index is 5.12. The summed E-state index contributed by atoms with van der Waals surface area (Å²) in [6.45, 7) is 3.89. The van der Waals surface area contributed by atoms with Crippen LogP contribution in [0.5, 0.6) is 0 Å². The molecule has 0 unspecified atom stereocenters. The first-order chi connectivity index (χ1) is 8.70. The van der Waals surface area contributed by atoms with Crippen LogP contribution in [0.25, 0.3) is 11.4 Å². The van der Waals surface area contributed by atoms with Gasteiger partial charge in [0.05, 0.1) is 5.71 Å². The van der Waals surface area contributed by atoms with Crippen molar-refractivity contribution in [3.05, 3.63) is 47.8 Å². The molecule has 1 aromatic carbocycles. The standard InChI is InChI=1S/C15H13N3/c1-4-16-12(3)14-9-17-15(18-10-14)13-7-5-11(2)6-8-13/h1,5-10H,2-3H3. The number of aliphatic imine (C=N–C) groups is 1. The summed E-state index contributed by atoms with van der Waals surface area (Å²) in [6.07, 6.45) is 8.59. The van der Waals surface area contributed by atoms with Gasteiger partial charge in [0.1, 0.15) is 0 Å². The van der Waals surface area contributed by atoms with Crippen LogP contribution in [0.4, 0.5) is 0 Å². The third kappa shape index (κ3) is 2.61. The van der Waals surface area contributed by atoms with Gasteiger partial charge in [0.25, 0.3) is 0 Å². The molecule has 0 saturated heterocycles. The number of aryl methyl sites for hydroxylation is 1. The van der Waals surface area contributed by atoms with E-state index < -0.39 is 0 Å². The summed E-state index contributed by atoms with van der Waals surface area (Å²) in [4.78, 5) is 12.5. The van der Waals surface area contributed by atoms with Crippen LogP contribution in [0.2, 0.25) is 0 Å². The monoisotopic (exact) mass is 235 g/mol. The highest BCUT2D eigenvalue weighted by Gasteiger charge is 2.02. The maximum atomic E-state index is 5.12. The lowest BCUT2D eigenvalue weighted by Gasteiger charge is -2.02. The SMILES string of the molecule is C#CN=C(C)c1cnc(-c2ccc(C)cc2)nc1. The van der Waals surface area contributed by atoms with E-state index in [4.69, 9.17) is 6.42 Å². The van der Waals surface area contributed by atoms with Crippen molar-refractivity contribution in [3.63, 3.8) is 0 Å². The van der Waals surface area contributed by atoms with Gasteiger partial charge in [-0.2, -0.15) is 0 Å². The summed E-state index contributed by atoms with van der Waals surface area (Å²) in [5, 5.41) is 0. The van der Waals surface area contributed by atoms with E-state index in [1.807, 2.05) is 38.1 Å². The van der Waals surface area contributed by atoms with Crippen molar-refractivity contribution in [2.45, 2.75) is 13.8 Å². The average molecular weight is 235 g/mol. The largest absolute Gasteiger partial charge is 0.236 e. The predicted molar refractivity (Wildman–Crippen MR) is 73.2 cm³/mol. The smallest absolute Gasteiger partial charge is 0.159 e. The molecule has 0 radical (unpaired) electrons. The quantitative estimate of drug-likeness (QED) is 0.593. The van der Waals surface area contributed by atoms with Crippen molar-refractivity contribution in [3.8, 4) is 23.9 Å². The number of hydrogen-bond acceptors (Lipinski definition) is 3. The molecule has 1 aromatic heterocycles. The van der Waals surface area contributed by atoms with E-state index in [-0.39, 0.29) is 0 Å². The Kier molecular flexibility index (Phi) is 3.49. The lowest BCUT2D eigenvalue weighted by molar-refractivity contribution is 1.16. The molecule has 0 atom stereocenters. The van der Waals surface area contributed by atoms with Crippen molar-refractivity contribution < 1.29 is 0 Å². The molecule has 0 aliphatic rings. The predicted octanol–water partition coefficient (Wildman–Crippen LogP) is 2.85. The highest BCUT2D eigenvalue weighted by atomic mass is 14.9. The van der Waals surface area contributed by atoms with Crippen LogP contribution in [0.3, 0.4) is 0 Å². The molecule has 0 fully saturated rings. The summed E-state index contributed by atoms with van der Waals surface area (Å²) >= 11 is 0. The van der Waals surface area contributed by atoms with E-state index >= 15 is 0 Å². The van der Waals surface area contributed by atoms with Crippen molar-refractivity contribution in [2.24, 2.45) is 4.99 Å². The van der Waals surface area contributed by atoms with Gasteiger partial charge in [0.2, 0.25) is 0 Å². The van der Waals surface area contributed by atoms with Crippen LogP contribution >= 0.6 is 0 Å². The van der Waals surface area contributed by atoms with Crippen LogP contribution in [0, 0.1) is 19.4 Å². The van der Waals surface area contributed by atoms with Crippen molar-refractivity contribution in [1.29, 1.82) is 0 Å². The fourth-order valence-corrected chi connectivity index (χ4v) is 1.53. The first-order valence-electron chi connectivity index (χ1n) is 5.60. The lowest BCUT2D eigenvalue weighted by Crippen LogP contribution is -1.98. The molecule has 3 nitrogen and oxygen atoms in total. The van der Waals surface area contributed by atoms with Crippen molar-refractivity contribution in [1.82, 2.24) is 9.97 Å². The van der Waals surface area contributed by atoms with Gasteiger partial charge >= 0.3 is 0 Å². The molecule has 2 aromatic rings. The van der Waals surface area contributed by atoms with E-state index in [9.17, 15) is 0 Å². The fourth-order valence-electron chi connectivity index (χ4n) is 1.53. The van der Waals surface area contributed by atoms with Gasteiger partial charge in [-0.15, -0.1) is 0 Å². The molecule has 0 amide bonds. The van der Waals surface area contributed by atoms with Gasteiger partial charge in [0, 0.05) is 29.6 Å². The zero-order valence-corrected chi connectivity index (χ0v) is 10.4. The van der Waals surface area contributed by atoms with Gasteiger partial charge in [-0.1, -0.05) is 36.3 Å². The number of terminal acetylenes is 1. The van der Waals surface area contributed by atoms with Gasteiger partial charge in [-0.3, -0.25) is 0 Å². The Morgan fingerprint density at radius 3 is 2.33 bits per heavy atom. The van der Waals surface area contributed by atoms with Gasteiger partial charge in [-0.25, -0.2) is 15.0 Å². The summed E-state index contributed by atoms with van der Waals surface area (Å²) in [7, 11) is 0. The second-order valence-electron chi connectivity index (χ2n) is 3.99. The van der Waals surface area contributed by atoms with Crippen LogP contribution in [0.1, 0.15) is 18.1 Å². The second kappa shape index (κ2) is 5.24. The Labute approximate surface area is 107 Å². The molecule has 0 saturated carbocycles. The molecule has 0 aliphatic heterocycles. The molecule has 0 spiro atoms. The fraction of sp³-hybridized carbons (Fsp3) is 0.133. The topological polar surface area (TPSA) is 38.1 Å². The third-order valence-corrected chi connectivity index (χ3v) is 2.61. The van der Waals surface area contributed by atoms with E-state index in [0.29, 0.717) is 5.82 Å². The minimum absolute atomic E-state index is 0.701. The van der Waals surface area contributed by atoms with Crippen LogP contribution in [0.15, 0.2) is 41.7 Å². The van der Waals surface area contributed by atoms with E-state index in [1.165, 1.54) is 5.56 Å². The molecule has 0 aliphatic carbocycles. The molecule has 1 heterocycles. The van der Waals surface area contributed by atoms with E-state index in [1.54, 1.807) is 12.4 Å². The third-order valence-electron chi connectivity index (χ3n) is 2.61. The molecule has 88 valence electrons. The normalized spacial score (nSPS) is 11.1. The van der Waals surface area contributed by atoms with Gasteiger partial charge in [-0.05, 0) is 13.8 Å². The maximum Gasteiger partial charge on any atom is 0.159 e.